The van der Waals surface area contributed by atoms with Crippen LogP contribution in [0.1, 0.15) is 39.0 Å². The molecule has 1 aliphatic carbocycles. The van der Waals surface area contributed by atoms with Crippen molar-refractivity contribution < 1.29 is 9.90 Å². The van der Waals surface area contributed by atoms with Gasteiger partial charge in [0.1, 0.15) is 0 Å². The monoisotopic (exact) mass is 194 g/mol. The molecule has 0 aromatic carbocycles. The third-order valence-corrected chi connectivity index (χ3v) is 2.60. The van der Waals surface area contributed by atoms with Crippen LogP contribution >= 0.6 is 0 Å². The number of hydrogen-bond donors (Lipinski definition) is 1. The normalized spacial score (nSPS) is 24.9. The molecular formula is C12H18O2. The molecule has 0 saturated heterocycles. The predicted molar refractivity (Wildman–Crippen MR) is 57.1 cm³/mol. The molecule has 0 spiro atoms. The maximum atomic E-state index is 10.2. The van der Waals surface area contributed by atoms with Crippen LogP contribution in [0.4, 0.5) is 0 Å². The summed E-state index contributed by atoms with van der Waals surface area (Å²) in [5.41, 5.74) is 1.56. The molecule has 0 bridgehead atoms. The van der Waals surface area contributed by atoms with Crippen LogP contribution in [0.3, 0.4) is 0 Å². The molecule has 0 heterocycles. The van der Waals surface area contributed by atoms with Crippen molar-refractivity contribution in [2.24, 2.45) is 5.92 Å². The maximum Gasteiger partial charge on any atom is 0.327 e. The Labute approximate surface area is 85.3 Å². The van der Waals surface area contributed by atoms with Crippen LogP contribution in [0.15, 0.2) is 23.8 Å². The molecule has 1 atom stereocenters. The zero-order valence-corrected chi connectivity index (χ0v) is 8.70. The van der Waals surface area contributed by atoms with Gasteiger partial charge in [0, 0.05) is 6.08 Å². The molecule has 0 aromatic heterocycles. The van der Waals surface area contributed by atoms with Crippen LogP contribution in [-0.4, -0.2) is 11.1 Å². The molecule has 2 nitrogen and oxygen atoms in total. The summed E-state index contributed by atoms with van der Waals surface area (Å²) in [6.07, 6.45) is 10.8. The summed E-state index contributed by atoms with van der Waals surface area (Å²) in [7, 11) is 0. The summed E-state index contributed by atoms with van der Waals surface area (Å²) in [4.78, 5) is 10.2. The topological polar surface area (TPSA) is 37.3 Å². The number of carboxylic acids is 1. The van der Waals surface area contributed by atoms with Gasteiger partial charge in [0.05, 0.1) is 0 Å². The molecule has 14 heavy (non-hydrogen) atoms. The second-order valence-corrected chi connectivity index (χ2v) is 4.03. The number of aliphatic carboxylic acids is 1. The summed E-state index contributed by atoms with van der Waals surface area (Å²) in [5.74, 6) is -0.0112. The van der Waals surface area contributed by atoms with Crippen LogP contribution in [0, 0.1) is 5.92 Å². The summed E-state index contributed by atoms with van der Waals surface area (Å²) < 4.78 is 0. The fourth-order valence-corrected chi connectivity index (χ4v) is 1.84. The van der Waals surface area contributed by atoms with E-state index in [4.69, 9.17) is 5.11 Å². The van der Waals surface area contributed by atoms with Gasteiger partial charge < -0.3 is 5.11 Å². The van der Waals surface area contributed by atoms with E-state index in [1.807, 2.05) is 0 Å². The minimum Gasteiger partial charge on any atom is -0.478 e. The fourth-order valence-electron chi connectivity index (χ4n) is 1.84. The van der Waals surface area contributed by atoms with Gasteiger partial charge in [-0.15, -0.1) is 0 Å². The number of rotatable bonds is 4. The van der Waals surface area contributed by atoms with Gasteiger partial charge in [-0.25, -0.2) is 4.79 Å². The van der Waals surface area contributed by atoms with Crippen molar-refractivity contribution in [3.05, 3.63) is 23.8 Å². The first-order chi connectivity index (χ1) is 6.68. The van der Waals surface area contributed by atoms with Gasteiger partial charge in [-0.2, -0.15) is 0 Å². The quantitative estimate of drug-likeness (QED) is 0.424. The lowest BCUT2D eigenvalue weighted by Gasteiger charge is -1.96. The Kier molecular flexibility index (Phi) is 4.44. The maximum absolute atomic E-state index is 10.2. The Bertz CT molecular complexity index is 251. The average Bonchev–Trinajstić information content (AvgIpc) is 2.50. The Morgan fingerprint density at radius 2 is 2.36 bits per heavy atom. The molecule has 1 aliphatic rings. The Morgan fingerprint density at radius 1 is 1.57 bits per heavy atom. The second kappa shape index (κ2) is 5.63. The number of allylic oxidation sites excluding steroid dienone is 3. The van der Waals surface area contributed by atoms with E-state index in [2.05, 4.69) is 13.0 Å². The van der Waals surface area contributed by atoms with Crippen molar-refractivity contribution in [2.45, 2.75) is 39.0 Å². The highest BCUT2D eigenvalue weighted by molar-refractivity contribution is 5.79. The van der Waals surface area contributed by atoms with E-state index in [1.165, 1.54) is 25.3 Å². The third-order valence-electron chi connectivity index (χ3n) is 2.60. The number of carbonyl (C=O) groups is 1. The lowest BCUT2D eigenvalue weighted by atomic mass is 10.1. The molecule has 78 valence electrons. The van der Waals surface area contributed by atoms with Gasteiger partial charge in [0.15, 0.2) is 0 Å². The first-order valence-corrected chi connectivity index (χ1v) is 5.26. The summed E-state index contributed by atoms with van der Waals surface area (Å²) in [6, 6.07) is 0. The number of carboxylic acid groups (broad SMARTS) is 1. The van der Waals surface area contributed by atoms with Crippen molar-refractivity contribution in [3.8, 4) is 0 Å². The lowest BCUT2D eigenvalue weighted by molar-refractivity contribution is -0.131. The molecule has 0 radical (unpaired) electrons. The largest absolute Gasteiger partial charge is 0.478 e. The molecule has 2 heteroatoms. The highest BCUT2D eigenvalue weighted by Gasteiger charge is 2.13. The molecule has 1 saturated carbocycles. The van der Waals surface area contributed by atoms with Gasteiger partial charge in [0.2, 0.25) is 0 Å². The van der Waals surface area contributed by atoms with Gasteiger partial charge in [0.25, 0.3) is 0 Å². The van der Waals surface area contributed by atoms with Gasteiger partial charge >= 0.3 is 5.97 Å². The van der Waals surface area contributed by atoms with E-state index in [-0.39, 0.29) is 0 Å². The van der Waals surface area contributed by atoms with E-state index in [0.29, 0.717) is 0 Å². The highest BCUT2D eigenvalue weighted by atomic mass is 16.4. The zero-order valence-electron chi connectivity index (χ0n) is 8.70. The third kappa shape index (κ3) is 4.26. The molecular weight excluding hydrogens is 176 g/mol. The summed E-state index contributed by atoms with van der Waals surface area (Å²) in [6.45, 7) is 2.28. The summed E-state index contributed by atoms with van der Waals surface area (Å²) in [5, 5.41) is 8.36. The molecule has 1 unspecified atom stereocenters. The molecule has 1 fully saturated rings. The minimum absolute atomic E-state index is 0.837. The minimum atomic E-state index is -0.854. The molecule has 1 rings (SSSR count). The van der Waals surface area contributed by atoms with Crippen molar-refractivity contribution in [1.29, 1.82) is 0 Å². The van der Waals surface area contributed by atoms with Crippen LogP contribution in [0.25, 0.3) is 0 Å². The molecule has 0 amide bonds. The molecule has 0 aromatic rings. The zero-order chi connectivity index (χ0) is 10.4. The van der Waals surface area contributed by atoms with E-state index in [9.17, 15) is 4.79 Å². The lowest BCUT2D eigenvalue weighted by Crippen LogP contribution is -1.85. The van der Waals surface area contributed by atoms with Gasteiger partial charge in [-0.3, -0.25) is 0 Å². The molecule has 0 aliphatic heterocycles. The predicted octanol–water partition coefficient (Wildman–Crippen LogP) is 3.15. The first-order valence-electron chi connectivity index (χ1n) is 5.26. The van der Waals surface area contributed by atoms with Crippen LogP contribution in [0.2, 0.25) is 0 Å². The van der Waals surface area contributed by atoms with Crippen LogP contribution < -0.4 is 0 Å². The standard InChI is InChI=1S/C12H18O2/c1-10-7-8-11(9-10)5-3-2-4-6-12(13)14/h4-6,10H,2-3,7-9H2,1H3,(H,13,14). The highest BCUT2D eigenvalue weighted by Crippen LogP contribution is 2.29. The van der Waals surface area contributed by atoms with Crippen molar-refractivity contribution in [2.75, 3.05) is 0 Å². The van der Waals surface area contributed by atoms with Crippen molar-refractivity contribution in [3.63, 3.8) is 0 Å². The van der Waals surface area contributed by atoms with E-state index in [1.54, 1.807) is 11.6 Å². The van der Waals surface area contributed by atoms with Crippen LogP contribution in [0.5, 0.6) is 0 Å². The second-order valence-electron chi connectivity index (χ2n) is 4.03. The SMILES string of the molecule is CC1CCC(=CCCC=CC(=O)O)C1. The van der Waals surface area contributed by atoms with E-state index < -0.39 is 5.97 Å². The van der Waals surface area contributed by atoms with Crippen molar-refractivity contribution >= 4 is 5.97 Å². The Morgan fingerprint density at radius 3 is 2.93 bits per heavy atom. The Hall–Kier alpha value is -1.05. The fraction of sp³-hybridized carbons (Fsp3) is 0.583. The van der Waals surface area contributed by atoms with Gasteiger partial charge in [-0.05, 0) is 38.0 Å². The van der Waals surface area contributed by atoms with E-state index >= 15 is 0 Å². The van der Waals surface area contributed by atoms with Crippen LogP contribution in [-0.2, 0) is 4.79 Å². The first kappa shape index (κ1) is 11.0. The average molecular weight is 194 g/mol. The van der Waals surface area contributed by atoms with Gasteiger partial charge in [-0.1, -0.05) is 24.6 Å². The number of hydrogen-bond acceptors (Lipinski definition) is 1. The molecule has 1 N–H and O–H groups in total. The number of unbranched alkanes of at least 4 members (excludes halogenated alkanes) is 1. The van der Waals surface area contributed by atoms with E-state index in [0.717, 1.165) is 18.8 Å². The summed E-state index contributed by atoms with van der Waals surface area (Å²) >= 11 is 0. The smallest absolute Gasteiger partial charge is 0.327 e. The van der Waals surface area contributed by atoms with Crippen molar-refractivity contribution in [1.82, 2.24) is 0 Å². The Balaban J connectivity index is 2.17.